The first-order valence-electron chi connectivity index (χ1n) is 6.40. The Hall–Kier alpha value is -2.22. The molecule has 0 fully saturated rings. The number of carbonyl (C=O) groups excluding carboxylic acids is 1. The summed E-state index contributed by atoms with van der Waals surface area (Å²) < 4.78 is 5.11. The van der Waals surface area contributed by atoms with E-state index in [9.17, 15) is 4.79 Å². The van der Waals surface area contributed by atoms with Crippen LogP contribution >= 0.6 is 11.8 Å². The fourth-order valence-electron chi connectivity index (χ4n) is 1.77. The standard InChI is InChI=1S/C14H15BN4O2S/c1-19(12-11(15)8-16-14(17-12)22-3)18-13(20)9-5-4-6-10(7-9)21-2/h4-8H,1-3H3,(H,18,20). The Kier molecular flexibility index (Phi) is 5.27. The van der Waals surface area contributed by atoms with Gasteiger partial charge in [-0.25, -0.2) is 9.97 Å². The van der Waals surface area contributed by atoms with Gasteiger partial charge in [-0.3, -0.25) is 15.2 Å². The molecule has 2 radical (unpaired) electrons. The maximum absolute atomic E-state index is 12.3. The van der Waals surface area contributed by atoms with Crippen LogP contribution in [0.25, 0.3) is 0 Å². The minimum atomic E-state index is -0.287. The van der Waals surface area contributed by atoms with Gasteiger partial charge >= 0.3 is 0 Å². The molecule has 1 aromatic heterocycles. The number of amides is 1. The molecular formula is C14H15BN4O2S. The van der Waals surface area contributed by atoms with Crippen LogP contribution < -0.4 is 20.6 Å². The van der Waals surface area contributed by atoms with Gasteiger partial charge < -0.3 is 4.74 Å². The van der Waals surface area contributed by atoms with Gasteiger partial charge in [0.15, 0.2) is 5.16 Å². The summed E-state index contributed by atoms with van der Waals surface area (Å²) in [5, 5.41) is 2.05. The summed E-state index contributed by atoms with van der Waals surface area (Å²) in [5.74, 6) is 0.766. The zero-order valence-corrected chi connectivity index (χ0v) is 13.3. The molecule has 1 aromatic carbocycles. The van der Waals surface area contributed by atoms with Gasteiger partial charge in [0.25, 0.3) is 5.91 Å². The Bertz CT molecular complexity index is 684. The van der Waals surface area contributed by atoms with Crippen molar-refractivity contribution in [1.82, 2.24) is 15.4 Å². The lowest BCUT2D eigenvalue weighted by molar-refractivity contribution is 0.0951. The molecule has 2 aromatic rings. The van der Waals surface area contributed by atoms with Crippen LogP contribution in [-0.4, -0.2) is 44.1 Å². The summed E-state index contributed by atoms with van der Waals surface area (Å²) in [6.45, 7) is 0. The number of carbonyl (C=O) groups is 1. The van der Waals surface area contributed by atoms with E-state index in [1.807, 2.05) is 6.26 Å². The Balaban J connectivity index is 2.17. The van der Waals surface area contributed by atoms with Gasteiger partial charge in [-0.15, -0.1) is 0 Å². The zero-order chi connectivity index (χ0) is 16.1. The molecule has 112 valence electrons. The van der Waals surface area contributed by atoms with Gasteiger partial charge in [-0.1, -0.05) is 17.8 Å². The van der Waals surface area contributed by atoms with Gasteiger partial charge in [0.05, 0.1) is 7.11 Å². The van der Waals surface area contributed by atoms with E-state index in [1.165, 1.54) is 23.0 Å². The van der Waals surface area contributed by atoms with Gasteiger partial charge in [0.1, 0.15) is 19.4 Å². The highest BCUT2D eigenvalue weighted by molar-refractivity contribution is 7.98. The largest absolute Gasteiger partial charge is 0.497 e. The first-order valence-corrected chi connectivity index (χ1v) is 7.63. The van der Waals surface area contributed by atoms with Crippen LogP contribution in [0.3, 0.4) is 0 Å². The molecule has 0 aliphatic carbocycles. The second-order valence-electron chi connectivity index (χ2n) is 4.37. The van der Waals surface area contributed by atoms with E-state index < -0.39 is 0 Å². The quantitative estimate of drug-likeness (QED) is 0.381. The van der Waals surface area contributed by atoms with Crippen LogP contribution in [0.15, 0.2) is 35.6 Å². The van der Waals surface area contributed by atoms with E-state index in [1.54, 1.807) is 38.4 Å². The average Bonchev–Trinajstić information content (AvgIpc) is 2.55. The summed E-state index contributed by atoms with van der Waals surface area (Å²) in [6, 6.07) is 6.87. The van der Waals surface area contributed by atoms with Crippen molar-refractivity contribution < 1.29 is 9.53 Å². The van der Waals surface area contributed by atoms with Gasteiger partial charge in [0, 0.05) is 18.8 Å². The highest BCUT2D eigenvalue weighted by atomic mass is 32.2. The Morgan fingerprint density at radius 1 is 1.45 bits per heavy atom. The number of ether oxygens (including phenoxy) is 1. The smallest absolute Gasteiger partial charge is 0.269 e. The third-order valence-electron chi connectivity index (χ3n) is 2.88. The minimum absolute atomic E-state index is 0.287. The molecule has 1 N–H and O–H groups in total. The van der Waals surface area contributed by atoms with Gasteiger partial charge in [-0.2, -0.15) is 0 Å². The second-order valence-corrected chi connectivity index (χ2v) is 5.14. The molecule has 0 bridgehead atoms. The summed E-state index contributed by atoms with van der Waals surface area (Å²) in [6.07, 6.45) is 3.38. The highest BCUT2D eigenvalue weighted by Gasteiger charge is 2.13. The van der Waals surface area contributed by atoms with Crippen molar-refractivity contribution in [2.45, 2.75) is 5.16 Å². The number of thioether (sulfide) groups is 1. The van der Waals surface area contributed by atoms with E-state index in [4.69, 9.17) is 12.6 Å². The van der Waals surface area contributed by atoms with Crippen molar-refractivity contribution in [3.8, 4) is 5.75 Å². The molecule has 1 amide bonds. The van der Waals surface area contributed by atoms with Crippen molar-refractivity contribution in [3.63, 3.8) is 0 Å². The fraction of sp³-hybridized carbons (Fsp3) is 0.214. The summed E-state index contributed by atoms with van der Waals surface area (Å²) in [4.78, 5) is 20.6. The molecule has 0 saturated carbocycles. The van der Waals surface area contributed by atoms with Crippen LogP contribution in [0.5, 0.6) is 5.75 Å². The van der Waals surface area contributed by atoms with Crippen LogP contribution in [0.2, 0.25) is 0 Å². The Morgan fingerprint density at radius 2 is 2.23 bits per heavy atom. The number of benzene rings is 1. The van der Waals surface area contributed by atoms with Crippen LogP contribution in [0, 0.1) is 0 Å². The number of hydrazine groups is 1. The van der Waals surface area contributed by atoms with Crippen molar-refractivity contribution >= 4 is 36.8 Å². The molecule has 0 saturated heterocycles. The Morgan fingerprint density at radius 3 is 2.91 bits per heavy atom. The molecule has 1 heterocycles. The molecule has 0 atom stereocenters. The fourth-order valence-corrected chi connectivity index (χ4v) is 2.10. The summed E-state index contributed by atoms with van der Waals surface area (Å²) >= 11 is 1.40. The zero-order valence-electron chi connectivity index (χ0n) is 12.5. The lowest BCUT2D eigenvalue weighted by Gasteiger charge is -2.21. The molecule has 0 aliphatic heterocycles. The first-order chi connectivity index (χ1) is 10.5. The highest BCUT2D eigenvalue weighted by Crippen LogP contribution is 2.14. The molecule has 0 aliphatic rings. The SMILES string of the molecule is [B]c1cnc(SC)nc1N(C)NC(=O)c1cccc(OC)c1. The van der Waals surface area contributed by atoms with E-state index >= 15 is 0 Å². The van der Waals surface area contributed by atoms with E-state index in [-0.39, 0.29) is 5.91 Å². The van der Waals surface area contributed by atoms with Crippen molar-refractivity contribution in [2.75, 3.05) is 25.4 Å². The van der Waals surface area contributed by atoms with Crippen LogP contribution in [0.1, 0.15) is 10.4 Å². The third-order valence-corrected chi connectivity index (χ3v) is 3.44. The van der Waals surface area contributed by atoms with Crippen molar-refractivity contribution in [3.05, 3.63) is 36.0 Å². The molecular weight excluding hydrogens is 299 g/mol. The number of methoxy groups -OCH3 is 1. The second kappa shape index (κ2) is 7.17. The topological polar surface area (TPSA) is 67.4 Å². The average molecular weight is 314 g/mol. The van der Waals surface area contributed by atoms with Gasteiger partial charge in [0.2, 0.25) is 0 Å². The number of hydrogen-bond donors (Lipinski definition) is 1. The maximum atomic E-state index is 12.3. The van der Waals surface area contributed by atoms with E-state index in [0.717, 1.165) is 0 Å². The minimum Gasteiger partial charge on any atom is -0.497 e. The monoisotopic (exact) mass is 314 g/mol. The lowest BCUT2D eigenvalue weighted by atomic mass is 9.99. The lowest BCUT2D eigenvalue weighted by Crippen LogP contribution is -2.42. The van der Waals surface area contributed by atoms with Gasteiger partial charge in [-0.05, 0) is 29.9 Å². The number of aromatic nitrogens is 2. The predicted molar refractivity (Wildman–Crippen MR) is 88.1 cm³/mol. The summed E-state index contributed by atoms with van der Waals surface area (Å²) in [7, 11) is 9.08. The van der Waals surface area contributed by atoms with Crippen molar-refractivity contribution in [1.29, 1.82) is 0 Å². The Labute approximate surface area is 134 Å². The third kappa shape index (κ3) is 3.70. The number of nitrogens with one attached hydrogen (secondary N) is 1. The molecule has 0 spiro atoms. The molecule has 8 heteroatoms. The van der Waals surface area contributed by atoms with Crippen LogP contribution in [-0.2, 0) is 0 Å². The molecule has 22 heavy (non-hydrogen) atoms. The van der Waals surface area contributed by atoms with Crippen LogP contribution in [0.4, 0.5) is 5.82 Å². The predicted octanol–water partition coefficient (Wildman–Crippen LogP) is 0.782. The number of anilines is 1. The van der Waals surface area contributed by atoms with E-state index in [0.29, 0.717) is 27.8 Å². The first kappa shape index (κ1) is 16.2. The molecule has 0 unspecified atom stereocenters. The number of nitrogens with zero attached hydrogens (tertiary/aromatic N) is 3. The molecule has 2 rings (SSSR count). The van der Waals surface area contributed by atoms with E-state index in [2.05, 4.69) is 15.4 Å². The molecule has 6 nitrogen and oxygen atoms in total. The number of hydrogen-bond acceptors (Lipinski definition) is 6. The summed E-state index contributed by atoms with van der Waals surface area (Å²) in [5.41, 5.74) is 3.57. The van der Waals surface area contributed by atoms with Crippen molar-refractivity contribution in [2.24, 2.45) is 0 Å². The normalized spacial score (nSPS) is 10.1. The number of rotatable bonds is 5. The maximum Gasteiger partial charge on any atom is 0.269 e.